The normalized spacial score (nSPS) is 23.6. The largest absolute Gasteiger partial charge is 0.452 e. The van der Waals surface area contributed by atoms with Crippen molar-refractivity contribution in [3.8, 4) is 0 Å². The maximum absolute atomic E-state index is 12.9. The van der Waals surface area contributed by atoms with Gasteiger partial charge in [0, 0.05) is 7.11 Å². The van der Waals surface area contributed by atoms with Crippen LogP contribution < -0.4 is 0 Å². The van der Waals surface area contributed by atoms with E-state index in [1.165, 1.54) is 43.5 Å². The highest BCUT2D eigenvalue weighted by Crippen LogP contribution is 2.30. The first-order valence-corrected chi connectivity index (χ1v) is 11.7. The summed E-state index contributed by atoms with van der Waals surface area (Å²) in [5, 5.41) is 21.8. The molecule has 0 spiro atoms. The van der Waals surface area contributed by atoms with E-state index in [2.05, 4.69) is 0 Å². The van der Waals surface area contributed by atoms with Gasteiger partial charge >= 0.3 is 17.9 Å². The van der Waals surface area contributed by atoms with E-state index in [9.17, 15) is 24.6 Å². The zero-order chi connectivity index (χ0) is 27.1. The monoisotopic (exact) mass is 522 g/mol. The highest BCUT2D eigenvalue weighted by Gasteiger charge is 2.53. The van der Waals surface area contributed by atoms with Crippen LogP contribution in [-0.2, 0) is 23.7 Å². The van der Waals surface area contributed by atoms with Crippen molar-refractivity contribution in [2.45, 2.75) is 37.0 Å². The van der Waals surface area contributed by atoms with Crippen LogP contribution in [-0.4, -0.2) is 72.2 Å². The number of hydrogen-bond acceptors (Lipinski definition) is 10. The molecular formula is C28H26O10. The molecule has 198 valence electrons. The van der Waals surface area contributed by atoms with Crippen LogP contribution in [0.25, 0.3) is 0 Å². The summed E-state index contributed by atoms with van der Waals surface area (Å²) in [7, 11) is 1.24. The van der Waals surface area contributed by atoms with Gasteiger partial charge in [-0.3, -0.25) is 0 Å². The number of aliphatic hydroxyl groups excluding tert-OH is 2. The molecule has 0 amide bonds. The van der Waals surface area contributed by atoms with Gasteiger partial charge in [0.1, 0.15) is 6.10 Å². The number of methoxy groups -OCH3 is 1. The molecule has 3 aromatic rings. The Kier molecular flexibility index (Phi) is 8.82. The Morgan fingerprint density at radius 3 is 1.58 bits per heavy atom. The Morgan fingerprint density at radius 1 is 0.711 bits per heavy atom. The summed E-state index contributed by atoms with van der Waals surface area (Å²) in [6.07, 6.45) is -9.81. The molecule has 1 aliphatic rings. The van der Waals surface area contributed by atoms with Gasteiger partial charge < -0.3 is 33.9 Å². The number of aliphatic hydroxyl groups is 2. The minimum atomic E-state index is -1.99. The molecule has 3 aromatic carbocycles. The summed E-state index contributed by atoms with van der Waals surface area (Å²) in [4.78, 5) is 38.2. The lowest BCUT2D eigenvalue weighted by Crippen LogP contribution is -2.63. The molecule has 0 aliphatic carbocycles. The Bertz CT molecular complexity index is 1220. The number of carbonyl (C=O) groups excluding carboxylic acids is 3. The fourth-order valence-corrected chi connectivity index (χ4v) is 3.88. The van der Waals surface area contributed by atoms with E-state index >= 15 is 0 Å². The molecule has 6 atom stereocenters. The van der Waals surface area contributed by atoms with E-state index in [-0.39, 0.29) is 16.7 Å². The topological polar surface area (TPSA) is 138 Å². The van der Waals surface area contributed by atoms with E-state index in [1.54, 1.807) is 54.6 Å². The van der Waals surface area contributed by atoms with E-state index < -0.39 is 54.9 Å². The van der Waals surface area contributed by atoms with Crippen molar-refractivity contribution in [1.82, 2.24) is 0 Å². The number of esters is 3. The van der Waals surface area contributed by atoms with Crippen LogP contribution in [0.3, 0.4) is 0 Å². The van der Waals surface area contributed by atoms with Crippen LogP contribution in [0.2, 0.25) is 0 Å². The van der Waals surface area contributed by atoms with E-state index in [0.29, 0.717) is 0 Å². The van der Waals surface area contributed by atoms with Crippen molar-refractivity contribution in [2.24, 2.45) is 0 Å². The highest BCUT2D eigenvalue weighted by molar-refractivity contribution is 5.90. The van der Waals surface area contributed by atoms with E-state index in [0.717, 1.165) is 0 Å². The number of carbonyl (C=O) groups is 3. The van der Waals surface area contributed by atoms with Gasteiger partial charge in [0.2, 0.25) is 6.29 Å². The van der Waals surface area contributed by atoms with Crippen molar-refractivity contribution in [1.29, 1.82) is 0 Å². The van der Waals surface area contributed by atoms with Gasteiger partial charge in [0.15, 0.2) is 24.6 Å². The Morgan fingerprint density at radius 2 is 1.13 bits per heavy atom. The molecular weight excluding hydrogens is 496 g/mol. The summed E-state index contributed by atoms with van der Waals surface area (Å²) in [5.74, 6) is -2.50. The van der Waals surface area contributed by atoms with Crippen molar-refractivity contribution < 1.29 is 48.3 Å². The lowest BCUT2D eigenvalue weighted by Gasteiger charge is -2.43. The predicted molar refractivity (Wildman–Crippen MR) is 131 cm³/mol. The lowest BCUT2D eigenvalue weighted by atomic mass is 9.97. The van der Waals surface area contributed by atoms with Crippen LogP contribution in [0.15, 0.2) is 91.0 Å². The first-order valence-electron chi connectivity index (χ1n) is 11.7. The third kappa shape index (κ3) is 6.24. The predicted octanol–water partition coefficient (Wildman–Crippen LogP) is 2.35. The first kappa shape index (κ1) is 27.0. The van der Waals surface area contributed by atoms with Crippen LogP contribution >= 0.6 is 0 Å². The van der Waals surface area contributed by atoms with Crippen LogP contribution in [0.5, 0.6) is 0 Å². The molecule has 4 rings (SSSR count). The second-order valence-electron chi connectivity index (χ2n) is 8.33. The zero-order valence-corrected chi connectivity index (χ0v) is 20.3. The smallest absolute Gasteiger partial charge is 0.340 e. The maximum atomic E-state index is 12.9. The Labute approximate surface area is 218 Å². The Balaban J connectivity index is 1.59. The van der Waals surface area contributed by atoms with Gasteiger partial charge in [-0.25, -0.2) is 14.4 Å². The molecule has 1 heterocycles. The molecule has 1 aliphatic heterocycles. The SMILES string of the molecule is CO[C@H]1O[C@H]([C@H](O)OC(=O)c2ccccc2)[C@@H](O)[C@H](OC(=O)c2ccccc2)[C@@H]1OC(=O)c1ccccc1. The summed E-state index contributed by atoms with van der Waals surface area (Å²) < 4.78 is 27.2. The molecule has 0 bridgehead atoms. The first-order chi connectivity index (χ1) is 18.4. The quantitative estimate of drug-likeness (QED) is 0.258. The lowest BCUT2D eigenvalue weighted by molar-refractivity contribution is -0.320. The number of hydrogen-bond donors (Lipinski definition) is 2. The Hall–Kier alpha value is -4.09. The van der Waals surface area contributed by atoms with Crippen molar-refractivity contribution in [2.75, 3.05) is 7.11 Å². The van der Waals surface area contributed by atoms with Gasteiger partial charge in [-0.05, 0) is 36.4 Å². The molecule has 0 aromatic heterocycles. The minimum Gasteiger partial charge on any atom is -0.452 e. The number of ether oxygens (including phenoxy) is 5. The van der Waals surface area contributed by atoms with E-state index in [4.69, 9.17) is 23.7 Å². The number of benzene rings is 3. The minimum absolute atomic E-state index is 0.155. The average Bonchev–Trinajstić information content (AvgIpc) is 2.96. The molecule has 2 N–H and O–H groups in total. The summed E-state index contributed by atoms with van der Waals surface area (Å²) in [6.45, 7) is 0. The molecule has 1 fully saturated rings. The fourth-order valence-electron chi connectivity index (χ4n) is 3.88. The van der Waals surface area contributed by atoms with Crippen molar-refractivity contribution in [3.63, 3.8) is 0 Å². The summed E-state index contributed by atoms with van der Waals surface area (Å²) >= 11 is 0. The van der Waals surface area contributed by atoms with Crippen LogP contribution in [0.4, 0.5) is 0 Å². The van der Waals surface area contributed by atoms with Gasteiger partial charge in [-0.1, -0.05) is 54.6 Å². The van der Waals surface area contributed by atoms with Crippen LogP contribution in [0, 0.1) is 0 Å². The third-order valence-electron chi connectivity index (χ3n) is 5.81. The van der Waals surface area contributed by atoms with Crippen LogP contribution in [0.1, 0.15) is 31.1 Å². The molecule has 10 nitrogen and oxygen atoms in total. The average molecular weight is 523 g/mol. The van der Waals surface area contributed by atoms with Crippen molar-refractivity contribution >= 4 is 17.9 Å². The molecule has 0 radical (unpaired) electrons. The van der Waals surface area contributed by atoms with Gasteiger partial charge in [-0.15, -0.1) is 0 Å². The molecule has 10 heteroatoms. The fraction of sp³-hybridized carbons (Fsp3) is 0.250. The van der Waals surface area contributed by atoms with E-state index in [1.807, 2.05) is 0 Å². The molecule has 0 saturated carbocycles. The summed E-state index contributed by atoms with van der Waals surface area (Å²) in [6, 6.07) is 23.9. The highest BCUT2D eigenvalue weighted by atomic mass is 16.7. The third-order valence-corrected chi connectivity index (χ3v) is 5.81. The second kappa shape index (κ2) is 12.4. The number of rotatable bonds is 8. The molecule has 0 unspecified atom stereocenters. The zero-order valence-electron chi connectivity index (χ0n) is 20.3. The molecule has 1 saturated heterocycles. The summed E-state index contributed by atoms with van der Waals surface area (Å²) in [5.41, 5.74) is 0.520. The van der Waals surface area contributed by atoms with Gasteiger partial charge in [0.25, 0.3) is 0 Å². The molecule has 38 heavy (non-hydrogen) atoms. The second-order valence-corrected chi connectivity index (χ2v) is 8.33. The maximum Gasteiger partial charge on any atom is 0.340 e. The van der Waals surface area contributed by atoms with Crippen molar-refractivity contribution in [3.05, 3.63) is 108 Å². The van der Waals surface area contributed by atoms with Gasteiger partial charge in [0.05, 0.1) is 16.7 Å². The standard InChI is InChI=1S/C28H26O10/c1-34-28-23(36-25(31)18-13-7-3-8-14-18)21(35-24(30)17-11-5-2-6-12-17)20(29)22(37-28)27(33)38-26(32)19-15-9-4-10-16-19/h2-16,20-23,27-29,33H,1H3/t20-,21-,22-,23-,27+,28-/m0/s1. The van der Waals surface area contributed by atoms with Gasteiger partial charge in [-0.2, -0.15) is 0 Å².